The molecule has 0 bridgehead atoms. The molecule has 0 radical (unpaired) electrons. The Labute approximate surface area is 189 Å². The van der Waals surface area contributed by atoms with Crippen LogP contribution in [-0.4, -0.2) is 72.1 Å². The number of rotatable bonds is 5. The van der Waals surface area contributed by atoms with Crippen molar-refractivity contribution in [1.82, 2.24) is 19.8 Å². The highest BCUT2D eigenvalue weighted by molar-refractivity contribution is 6.30. The molecule has 2 saturated heterocycles. The fourth-order valence-electron chi connectivity index (χ4n) is 4.85. The lowest BCUT2D eigenvalue weighted by Gasteiger charge is -2.41. The lowest BCUT2D eigenvalue weighted by atomic mass is 10.0. The standard InChI is InChI=1S/C23H30ClN7/c1-17-14-25-22-21(28-17)23(27-16-26-22)31-12-10-30(11-13-31)20(15-29-8-2-3-9-29)18-4-6-19(24)7-5-18/h4-7,16,20,28H,1-3,8-15H2,(H,25,26,27). The van der Waals surface area contributed by atoms with Crippen LogP contribution in [0.5, 0.6) is 0 Å². The number of piperazine rings is 1. The number of hydrogen-bond donors (Lipinski definition) is 2. The molecule has 0 amide bonds. The smallest absolute Gasteiger partial charge is 0.158 e. The number of fused-ring (bicyclic) bond motifs is 1. The van der Waals surface area contributed by atoms with E-state index >= 15 is 0 Å². The molecule has 2 aromatic rings. The van der Waals surface area contributed by atoms with Gasteiger partial charge in [-0.15, -0.1) is 0 Å². The molecule has 31 heavy (non-hydrogen) atoms. The third kappa shape index (κ3) is 4.49. The molecule has 3 aliphatic rings. The average molecular weight is 440 g/mol. The predicted molar refractivity (Wildman–Crippen MR) is 127 cm³/mol. The molecule has 7 nitrogen and oxygen atoms in total. The molecule has 2 N–H and O–H groups in total. The Morgan fingerprint density at radius 3 is 2.48 bits per heavy atom. The minimum Gasteiger partial charge on any atom is -0.363 e. The van der Waals surface area contributed by atoms with Gasteiger partial charge in [0.15, 0.2) is 11.6 Å². The van der Waals surface area contributed by atoms with Crippen molar-refractivity contribution < 1.29 is 0 Å². The first kappa shape index (κ1) is 20.5. The molecular formula is C23H30ClN7. The molecule has 3 aliphatic heterocycles. The van der Waals surface area contributed by atoms with Crippen LogP contribution in [0.2, 0.25) is 5.02 Å². The van der Waals surface area contributed by atoms with Crippen LogP contribution in [0, 0.1) is 0 Å². The maximum atomic E-state index is 6.17. The van der Waals surface area contributed by atoms with Gasteiger partial charge in [-0.05, 0) is 43.6 Å². The maximum Gasteiger partial charge on any atom is 0.158 e. The highest BCUT2D eigenvalue weighted by Crippen LogP contribution is 2.34. The topological polar surface area (TPSA) is 59.6 Å². The van der Waals surface area contributed by atoms with Gasteiger partial charge in [0.05, 0.1) is 6.54 Å². The lowest BCUT2D eigenvalue weighted by molar-refractivity contribution is 0.143. The summed E-state index contributed by atoms with van der Waals surface area (Å²) in [5.74, 6) is 1.81. The first-order valence-corrected chi connectivity index (χ1v) is 11.6. The van der Waals surface area contributed by atoms with E-state index in [0.29, 0.717) is 12.6 Å². The van der Waals surface area contributed by atoms with Gasteiger partial charge in [-0.25, -0.2) is 9.97 Å². The summed E-state index contributed by atoms with van der Waals surface area (Å²) in [6.07, 6.45) is 4.27. The van der Waals surface area contributed by atoms with Crippen molar-refractivity contribution in [1.29, 1.82) is 0 Å². The summed E-state index contributed by atoms with van der Waals surface area (Å²) >= 11 is 6.17. The number of nitrogens with zero attached hydrogens (tertiary/aromatic N) is 5. The Bertz CT molecular complexity index is 918. The Kier molecular flexibility index (Phi) is 5.98. The zero-order valence-electron chi connectivity index (χ0n) is 17.9. The molecule has 5 rings (SSSR count). The number of hydrogen-bond acceptors (Lipinski definition) is 7. The third-order valence-electron chi connectivity index (χ3n) is 6.54. The number of likely N-dealkylation sites (tertiary alicyclic amines) is 1. The second-order valence-corrected chi connectivity index (χ2v) is 9.04. The van der Waals surface area contributed by atoms with Crippen LogP contribution < -0.4 is 15.5 Å². The normalized spacial score (nSPS) is 20.8. The van der Waals surface area contributed by atoms with E-state index in [-0.39, 0.29) is 0 Å². The van der Waals surface area contributed by atoms with Crippen molar-refractivity contribution in [3.8, 4) is 0 Å². The molecule has 4 heterocycles. The van der Waals surface area contributed by atoms with Gasteiger partial charge >= 0.3 is 0 Å². The number of anilines is 3. The highest BCUT2D eigenvalue weighted by atomic mass is 35.5. The second-order valence-electron chi connectivity index (χ2n) is 8.60. The van der Waals surface area contributed by atoms with E-state index in [1.807, 2.05) is 12.1 Å². The summed E-state index contributed by atoms with van der Waals surface area (Å²) in [5.41, 5.74) is 3.24. The van der Waals surface area contributed by atoms with Crippen LogP contribution in [0.4, 0.5) is 17.3 Å². The van der Waals surface area contributed by atoms with E-state index in [1.54, 1.807) is 6.33 Å². The predicted octanol–water partition coefficient (Wildman–Crippen LogP) is 3.44. The molecule has 1 atom stereocenters. The van der Waals surface area contributed by atoms with Gasteiger partial charge in [-0.2, -0.15) is 0 Å². The van der Waals surface area contributed by atoms with E-state index < -0.39 is 0 Å². The van der Waals surface area contributed by atoms with E-state index in [2.05, 4.69) is 54.0 Å². The van der Waals surface area contributed by atoms with Crippen molar-refractivity contribution in [3.05, 3.63) is 53.5 Å². The lowest BCUT2D eigenvalue weighted by Crippen LogP contribution is -2.50. The van der Waals surface area contributed by atoms with Gasteiger partial charge in [-0.1, -0.05) is 30.3 Å². The third-order valence-corrected chi connectivity index (χ3v) is 6.79. The van der Waals surface area contributed by atoms with Gasteiger partial charge in [0, 0.05) is 49.5 Å². The van der Waals surface area contributed by atoms with Crippen LogP contribution in [0.1, 0.15) is 24.4 Å². The molecule has 2 fully saturated rings. The van der Waals surface area contributed by atoms with Crippen LogP contribution in [0.25, 0.3) is 0 Å². The molecule has 0 spiro atoms. The van der Waals surface area contributed by atoms with Crippen molar-refractivity contribution in [2.24, 2.45) is 0 Å². The van der Waals surface area contributed by atoms with Gasteiger partial charge in [0.2, 0.25) is 0 Å². The zero-order chi connectivity index (χ0) is 21.2. The van der Waals surface area contributed by atoms with Gasteiger partial charge in [-0.3, -0.25) is 4.90 Å². The number of aromatic nitrogens is 2. The fourth-order valence-corrected chi connectivity index (χ4v) is 4.97. The molecule has 164 valence electrons. The molecular weight excluding hydrogens is 410 g/mol. The van der Waals surface area contributed by atoms with Gasteiger partial charge in [0.25, 0.3) is 0 Å². The Morgan fingerprint density at radius 2 is 1.74 bits per heavy atom. The molecule has 1 aromatic heterocycles. The van der Waals surface area contributed by atoms with Crippen molar-refractivity contribution in [3.63, 3.8) is 0 Å². The summed E-state index contributed by atoms with van der Waals surface area (Å²) in [6.45, 7) is 12.1. The van der Waals surface area contributed by atoms with Crippen LogP contribution >= 0.6 is 11.6 Å². The minimum absolute atomic E-state index is 0.386. The van der Waals surface area contributed by atoms with E-state index in [0.717, 1.165) is 60.8 Å². The SMILES string of the molecule is C=C1CNc2ncnc(N3CCN(C(CN4CCCC4)c4ccc(Cl)cc4)CC3)c2N1. The molecule has 8 heteroatoms. The molecule has 0 saturated carbocycles. The van der Waals surface area contributed by atoms with Crippen molar-refractivity contribution >= 4 is 28.9 Å². The largest absolute Gasteiger partial charge is 0.363 e. The van der Waals surface area contributed by atoms with E-state index in [9.17, 15) is 0 Å². The maximum absolute atomic E-state index is 6.17. The number of benzene rings is 1. The first-order valence-electron chi connectivity index (χ1n) is 11.2. The highest BCUT2D eigenvalue weighted by Gasteiger charge is 2.30. The number of halogens is 1. The summed E-state index contributed by atoms with van der Waals surface area (Å²) in [5, 5.41) is 7.50. The quantitative estimate of drug-likeness (QED) is 0.739. The molecule has 0 aliphatic carbocycles. The summed E-state index contributed by atoms with van der Waals surface area (Å²) in [7, 11) is 0. The monoisotopic (exact) mass is 439 g/mol. The van der Waals surface area contributed by atoms with Crippen molar-refractivity contribution in [2.45, 2.75) is 18.9 Å². The van der Waals surface area contributed by atoms with Crippen LogP contribution in [-0.2, 0) is 0 Å². The minimum atomic E-state index is 0.386. The summed E-state index contributed by atoms with van der Waals surface area (Å²) < 4.78 is 0. The van der Waals surface area contributed by atoms with Gasteiger partial charge in [0.1, 0.15) is 12.0 Å². The average Bonchev–Trinajstić information content (AvgIpc) is 3.31. The Hall–Kier alpha value is -2.35. The van der Waals surface area contributed by atoms with Crippen molar-refractivity contribution in [2.75, 3.05) is 67.9 Å². The zero-order valence-corrected chi connectivity index (χ0v) is 18.6. The second kappa shape index (κ2) is 9.02. The fraction of sp³-hybridized carbons (Fsp3) is 0.478. The number of nitrogens with one attached hydrogen (secondary N) is 2. The molecule has 1 aromatic carbocycles. The van der Waals surface area contributed by atoms with E-state index in [4.69, 9.17) is 11.6 Å². The Morgan fingerprint density at radius 1 is 1.00 bits per heavy atom. The summed E-state index contributed by atoms with van der Waals surface area (Å²) in [4.78, 5) is 16.6. The summed E-state index contributed by atoms with van der Waals surface area (Å²) in [6, 6.07) is 8.80. The molecule has 1 unspecified atom stereocenters. The van der Waals surface area contributed by atoms with Crippen LogP contribution in [0.3, 0.4) is 0 Å². The van der Waals surface area contributed by atoms with Crippen LogP contribution in [0.15, 0.2) is 42.9 Å². The Balaban J connectivity index is 1.32. The van der Waals surface area contributed by atoms with Gasteiger partial charge < -0.3 is 20.4 Å². The van der Waals surface area contributed by atoms with E-state index in [1.165, 1.54) is 31.5 Å². The first-order chi connectivity index (χ1) is 15.2.